The Hall–Kier alpha value is -2.10. The maximum atomic E-state index is 12.5. The lowest BCUT2D eigenvalue weighted by molar-refractivity contribution is 0.102. The third-order valence-corrected chi connectivity index (χ3v) is 6.41. The van der Waals surface area contributed by atoms with Gasteiger partial charge in [-0.05, 0) is 89.7 Å². The van der Waals surface area contributed by atoms with Gasteiger partial charge in [0.2, 0.25) is 0 Å². The Kier molecular flexibility index (Phi) is 6.26. The predicted octanol–water partition coefficient (Wildman–Crippen LogP) is 5.31. The molecule has 3 aromatic carbocycles. The van der Waals surface area contributed by atoms with Crippen molar-refractivity contribution in [2.24, 2.45) is 0 Å². The molecule has 0 saturated carbocycles. The molecule has 0 atom stereocenters. The first-order chi connectivity index (χ1) is 13.2. The summed E-state index contributed by atoms with van der Waals surface area (Å²) in [5.41, 5.74) is 2.27. The van der Waals surface area contributed by atoms with Crippen LogP contribution >= 0.6 is 34.2 Å². The van der Waals surface area contributed by atoms with Crippen LogP contribution in [0.25, 0.3) is 0 Å². The van der Waals surface area contributed by atoms with Gasteiger partial charge in [0.25, 0.3) is 15.9 Å². The van der Waals surface area contributed by atoms with Crippen molar-refractivity contribution in [3.8, 4) is 0 Å². The summed E-state index contributed by atoms with van der Waals surface area (Å²) in [7, 11) is -3.77. The van der Waals surface area contributed by atoms with Crippen LogP contribution in [0, 0.1) is 10.5 Å². The lowest BCUT2D eigenvalue weighted by Gasteiger charge is -2.10. The number of carbonyl (C=O) groups excluding carboxylic acids is 1. The van der Waals surface area contributed by atoms with E-state index in [1.165, 1.54) is 12.1 Å². The zero-order valence-electron chi connectivity index (χ0n) is 14.7. The van der Waals surface area contributed by atoms with Gasteiger partial charge in [0, 0.05) is 19.8 Å². The van der Waals surface area contributed by atoms with Crippen LogP contribution < -0.4 is 10.0 Å². The molecule has 28 heavy (non-hydrogen) atoms. The highest BCUT2D eigenvalue weighted by Crippen LogP contribution is 2.23. The van der Waals surface area contributed by atoms with E-state index in [0.717, 1.165) is 9.13 Å². The average Bonchev–Trinajstić information content (AvgIpc) is 2.65. The Labute approximate surface area is 182 Å². The van der Waals surface area contributed by atoms with Crippen molar-refractivity contribution in [2.45, 2.75) is 11.8 Å². The molecule has 2 N–H and O–H groups in total. The van der Waals surface area contributed by atoms with Crippen molar-refractivity contribution >= 4 is 61.5 Å². The number of carbonyl (C=O) groups is 1. The first kappa shape index (κ1) is 20.6. The third kappa shape index (κ3) is 5.03. The zero-order chi connectivity index (χ0) is 20.3. The van der Waals surface area contributed by atoms with Crippen molar-refractivity contribution in [2.75, 3.05) is 10.0 Å². The Morgan fingerprint density at radius 3 is 2.29 bits per heavy atom. The van der Waals surface area contributed by atoms with Crippen LogP contribution in [0.3, 0.4) is 0 Å². The van der Waals surface area contributed by atoms with Gasteiger partial charge >= 0.3 is 0 Å². The number of halogens is 2. The van der Waals surface area contributed by atoms with Crippen molar-refractivity contribution in [3.05, 3.63) is 86.4 Å². The largest absolute Gasteiger partial charge is 0.322 e. The van der Waals surface area contributed by atoms with Crippen molar-refractivity contribution in [1.82, 2.24) is 0 Å². The minimum absolute atomic E-state index is 0.0801. The first-order valence-electron chi connectivity index (χ1n) is 8.20. The van der Waals surface area contributed by atoms with E-state index in [1.807, 2.05) is 13.0 Å². The van der Waals surface area contributed by atoms with Gasteiger partial charge in [-0.3, -0.25) is 9.52 Å². The fraction of sp³-hybridized carbons (Fsp3) is 0.0500. The minimum atomic E-state index is -3.77. The maximum absolute atomic E-state index is 12.5. The number of aryl methyl sites for hydroxylation is 1. The number of nitrogens with one attached hydrogen (secondary N) is 2. The predicted molar refractivity (Wildman–Crippen MR) is 121 cm³/mol. The molecule has 0 saturated heterocycles. The molecule has 0 spiro atoms. The van der Waals surface area contributed by atoms with Gasteiger partial charge in [0.05, 0.1) is 10.6 Å². The highest BCUT2D eigenvalue weighted by atomic mass is 127. The Morgan fingerprint density at radius 1 is 0.964 bits per heavy atom. The van der Waals surface area contributed by atoms with Crippen LogP contribution in [-0.2, 0) is 10.0 Å². The van der Waals surface area contributed by atoms with Crippen LogP contribution in [0.15, 0.2) is 71.6 Å². The lowest BCUT2D eigenvalue weighted by atomic mass is 10.2. The summed E-state index contributed by atoms with van der Waals surface area (Å²) in [5.74, 6) is -0.262. The fourth-order valence-corrected chi connectivity index (χ4v) is 4.19. The summed E-state index contributed by atoms with van der Waals surface area (Å²) in [6.07, 6.45) is 0. The maximum Gasteiger partial charge on any atom is 0.261 e. The van der Waals surface area contributed by atoms with E-state index in [-0.39, 0.29) is 10.8 Å². The molecule has 144 valence electrons. The van der Waals surface area contributed by atoms with Gasteiger partial charge in [-0.15, -0.1) is 0 Å². The van der Waals surface area contributed by atoms with E-state index in [2.05, 4.69) is 32.6 Å². The Balaban J connectivity index is 1.74. The summed E-state index contributed by atoms with van der Waals surface area (Å²) in [6.45, 7) is 1.84. The van der Waals surface area contributed by atoms with Gasteiger partial charge in [0.15, 0.2) is 0 Å². The van der Waals surface area contributed by atoms with Gasteiger partial charge < -0.3 is 5.32 Å². The molecule has 0 bridgehead atoms. The molecule has 0 aliphatic carbocycles. The number of anilines is 2. The normalized spacial score (nSPS) is 11.1. The van der Waals surface area contributed by atoms with E-state index in [4.69, 9.17) is 11.6 Å². The molecule has 0 unspecified atom stereocenters. The van der Waals surface area contributed by atoms with Crippen LogP contribution in [-0.4, -0.2) is 14.3 Å². The number of hydrogen-bond acceptors (Lipinski definition) is 3. The van der Waals surface area contributed by atoms with E-state index in [9.17, 15) is 13.2 Å². The van der Waals surface area contributed by atoms with Gasteiger partial charge in [-0.25, -0.2) is 8.42 Å². The monoisotopic (exact) mass is 526 g/mol. The molecule has 8 heteroatoms. The highest BCUT2D eigenvalue weighted by molar-refractivity contribution is 14.1. The number of hydrogen-bond donors (Lipinski definition) is 2. The molecule has 0 aliphatic heterocycles. The average molecular weight is 527 g/mol. The molecule has 3 rings (SSSR count). The van der Waals surface area contributed by atoms with Crippen molar-refractivity contribution < 1.29 is 13.2 Å². The summed E-state index contributed by atoms with van der Waals surface area (Å²) in [6, 6.07) is 18.1. The SMILES string of the molecule is Cc1ccc(NS(=O)(=O)c2ccc(NC(=O)c3cccc(I)c3)cc2)cc1Cl. The van der Waals surface area contributed by atoms with Crippen molar-refractivity contribution in [1.29, 1.82) is 0 Å². The standard InChI is InChI=1S/C20H16ClIN2O3S/c1-13-5-6-17(12-19(13)21)24-28(26,27)18-9-7-16(8-10-18)23-20(25)14-3-2-4-15(22)11-14/h2-12,24H,1H3,(H,23,25). The van der Waals surface area contributed by atoms with Crippen LogP contribution in [0.1, 0.15) is 15.9 Å². The van der Waals surface area contributed by atoms with Crippen molar-refractivity contribution in [3.63, 3.8) is 0 Å². The number of rotatable bonds is 5. The molecule has 0 aromatic heterocycles. The second-order valence-electron chi connectivity index (χ2n) is 6.06. The number of amides is 1. The quantitative estimate of drug-likeness (QED) is 0.443. The second-order valence-corrected chi connectivity index (χ2v) is 9.39. The number of benzene rings is 3. The molecular formula is C20H16ClIN2O3S. The number of sulfonamides is 1. The summed E-state index contributed by atoms with van der Waals surface area (Å²) in [4.78, 5) is 12.4. The lowest BCUT2D eigenvalue weighted by Crippen LogP contribution is -2.14. The topological polar surface area (TPSA) is 75.3 Å². The summed E-state index contributed by atoms with van der Waals surface area (Å²) < 4.78 is 28.5. The molecule has 5 nitrogen and oxygen atoms in total. The van der Waals surface area contributed by atoms with Crippen LogP contribution in [0.5, 0.6) is 0 Å². The second kappa shape index (κ2) is 8.50. The van der Waals surface area contributed by atoms with Gasteiger partial charge in [-0.1, -0.05) is 23.7 Å². The Bertz CT molecular complexity index is 1130. The van der Waals surface area contributed by atoms with Gasteiger partial charge in [0.1, 0.15) is 0 Å². The van der Waals surface area contributed by atoms with Crippen LogP contribution in [0.2, 0.25) is 5.02 Å². The molecule has 0 aliphatic rings. The molecule has 0 fully saturated rings. The first-order valence-corrected chi connectivity index (χ1v) is 11.1. The summed E-state index contributed by atoms with van der Waals surface area (Å²) in [5, 5.41) is 3.23. The third-order valence-electron chi connectivity index (χ3n) is 3.93. The molecule has 1 amide bonds. The molecule has 0 radical (unpaired) electrons. The van der Waals surface area contributed by atoms with E-state index in [1.54, 1.807) is 48.5 Å². The molecule has 3 aromatic rings. The molecule has 0 heterocycles. The van der Waals surface area contributed by atoms with E-state index >= 15 is 0 Å². The highest BCUT2D eigenvalue weighted by Gasteiger charge is 2.15. The minimum Gasteiger partial charge on any atom is -0.322 e. The van der Waals surface area contributed by atoms with Gasteiger partial charge in [-0.2, -0.15) is 0 Å². The van der Waals surface area contributed by atoms with E-state index in [0.29, 0.717) is 22.0 Å². The smallest absolute Gasteiger partial charge is 0.261 e. The summed E-state index contributed by atoms with van der Waals surface area (Å²) >= 11 is 8.18. The van der Waals surface area contributed by atoms with E-state index < -0.39 is 10.0 Å². The Morgan fingerprint density at radius 2 is 1.64 bits per heavy atom. The fourth-order valence-electron chi connectivity index (χ4n) is 2.42. The van der Waals surface area contributed by atoms with Crippen LogP contribution in [0.4, 0.5) is 11.4 Å². The molecular weight excluding hydrogens is 511 g/mol. The zero-order valence-corrected chi connectivity index (χ0v) is 18.5.